The highest BCUT2D eigenvalue weighted by Gasteiger charge is 1.95. The average Bonchev–Trinajstić information content (AvgIpc) is 1.76. The van der Waals surface area contributed by atoms with Gasteiger partial charge in [-0.2, -0.15) is 23.5 Å². The third-order valence-electron chi connectivity index (χ3n) is 0.539. The van der Waals surface area contributed by atoms with Gasteiger partial charge in [0.05, 0.1) is 0 Å². The van der Waals surface area contributed by atoms with E-state index in [0.29, 0.717) is 0 Å². The Morgan fingerprint density at radius 3 is 1.67 bits per heavy atom. The number of hydrogen-bond acceptors (Lipinski definition) is 2. The van der Waals surface area contributed by atoms with E-state index >= 15 is 0 Å². The molecule has 0 aromatic carbocycles. The Balaban J connectivity index is 0.000000250. The molecule has 38 valence electrons. The van der Waals surface area contributed by atoms with Gasteiger partial charge < -0.3 is 0 Å². The van der Waals surface area contributed by atoms with Crippen LogP contribution in [0.3, 0.4) is 0 Å². The largest absolute Gasteiger partial charge is 0.150 e. The van der Waals surface area contributed by atoms with E-state index in [1.54, 1.807) is 0 Å². The van der Waals surface area contributed by atoms with Crippen LogP contribution >= 0.6 is 23.5 Å². The molecule has 0 aliphatic carbocycles. The van der Waals surface area contributed by atoms with Crippen LogP contribution in [0.2, 0.25) is 0 Å². The number of hydrogen-bond donors (Lipinski definition) is 0. The fourth-order valence-electron chi connectivity index (χ4n) is 0.295. The van der Waals surface area contributed by atoms with Gasteiger partial charge >= 0.3 is 0 Å². The van der Waals surface area contributed by atoms with Crippen LogP contribution in [-0.2, 0) is 0 Å². The highest BCUT2D eigenvalue weighted by atomic mass is 32.2. The third kappa shape index (κ3) is 1.98. The van der Waals surface area contributed by atoms with Crippen molar-refractivity contribution in [2.24, 2.45) is 0 Å². The smallest absolute Gasteiger partial charge is 0.0392 e. The van der Waals surface area contributed by atoms with E-state index < -0.39 is 0 Å². The van der Waals surface area contributed by atoms with Crippen LogP contribution < -0.4 is 0 Å². The topological polar surface area (TPSA) is 0 Å². The van der Waals surface area contributed by atoms with Crippen molar-refractivity contribution in [3.8, 4) is 0 Å². The summed E-state index contributed by atoms with van der Waals surface area (Å²) in [7, 11) is 0. The molecule has 0 nitrogen and oxygen atoms in total. The fraction of sp³-hybridized carbons (Fsp3) is 1.00. The molecule has 0 N–H and O–H groups in total. The molecule has 6 heavy (non-hydrogen) atoms. The molecular weight excluding hydrogens is 112 g/mol. The van der Waals surface area contributed by atoms with E-state index in [4.69, 9.17) is 0 Å². The third-order valence-corrected chi connectivity index (χ3v) is 3.12. The van der Waals surface area contributed by atoms with Crippen molar-refractivity contribution < 1.29 is 0 Å². The van der Waals surface area contributed by atoms with Crippen molar-refractivity contribution in [3.05, 3.63) is 0 Å². The first-order valence-corrected chi connectivity index (χ1v) is 3.96. The molecule has 1 heterocycles. The summed E-state index contributed by atoms with van der Waals surface area (Å²) in [5.41, 5.74) is 0. The summed E-state index contributed by atoms with van der Waals surface area (Å²) >= 11 is 4.07. The Kier molecular flexibility index (Phi) is 4.33. The van der Waals surface area contributed by atoms with Crippen LogP contribution in [0.4, 0.5) is 0 Å². The summed E-state index contributed by atoms with van der Waals surface area (Å²) in [6.07, 6.45) is 0. The van der Waals surface area contributed by atoms with E-state index in [0.717, 1.165) is 0 Å². The first-order chi connectivity index (χ1) is 2.50. The molecule has 0 aromatic rings. The van der Waals surface area contributed by atoms with Crippen LogP contribution in [0.25, 0.3) is 0 Å². The molecular formula is C4H10S2. The predicted octanol–water partition coefficient (Wildman–Crippen LogP) is 2.06. The number of rotatable bonds is 0. The van der Waals surface area contributed by atoms with Gasteiger partial charge in [0.15, 0.2) is 0 Å². The van der Waals surface area contributed by atoms with Gasteiger partial charge in [0.25, 0.3) is 0 Å². The second-order valence-corrected chi connectivity index (χ2v) is 3.51. The summed E-state index contributed by atoms with van der Waals surface area (Å²) in [5.74, 6) is 2.76. The summed E-state index contributed by atoms with van der Waals surface area (Å²) in [6.45, 7) is 0. The van der Waals surface area contributed by atoms with Crippen molar-refractivity contribution >= 4 is 23.5 Å². The van der Waals surface area contributed by atoms with E-state index in [9.17, 15) is 0 Å². The Morgan fingerprint density at radius 1 is 1.00 bits per heavy atom. The Hall–Kier alpha value is 0.700. The van der Waals surface area contributed by atoms with E-state index in [1.807, 2.05) is 23.5 Å². The molecule has 0 atom stereocenters. The monoisotopic (exact) mass is 122 g/mol. The maximum atomic E-state index is 2.04. The summed E-state index contributed by atoms with van der Waals surface area (Å²) in [6, 6.07) is 0. The molecule has 0 amide bonds. The van der Waals surface area contributed by atoms with Crippen molar-refractivity contribution in [2.45, 2.75) is 7.43 Å². The molecule has 1 aliphatic rings. The average molecular weight is 122 g/mol. The van der Waals surface area contributed by atoms with E-state index in [1.165, 1.54) is 16.6 Å². The highest BCUT2D eigenvalue weighted by molar-refractivity contribution is 8.19. The van der Waals surface area contributed by atoms with Crippen LogP contribution in [0.5, 0.6) is 0 Å². The Morgan fingerprint density at radius 2 is 1.50 bits per heavy atom. The lowest BCUT2D eigenvalue weighted by Gasteiger charge is -1.68. The zero-order chi connectivity index (χ0) is 3.54. The first kappa shape index (κ1) is 6.70. The summed E-state index contributed by atoms with van der Waals surface area (Å²) in [4.78, 5) is 0. The lowest BCUT2D eigenvalue weighted by molar-refractivity contribution is 1.59. The predicted molar refractivity (Wildman–Crippen MR) is 36.5 cm³/mol. The Labute approximate surface area is 48.1 Å². The minimum absolute atomic E-state index is 0. The maximum Gasteiger partial charge on any atom is 0.0392 e. The second kappa shape index (κ2) is 3.88. The Bertz CT molecular complexity index is 17.1. The molecule has 0 spiro atoms. The van der Waals surface area contributed by atoms with Crippen molar-refractivity contribution in [1.29, 1.82) is 0 Å². The molecule has 0 saturated carbocycles. The van der Waals surface area contributed by atoms with Gasteiger partial charge in [-0.1, -0.05) is 7.43 Å². The second-order valence-electron chi connectivity index (χ2n) is 0.934. The van der Waals surface area contributed by atoms with Crippen molar-refractivity contribution in [2.75, 3.05) is 16.6 Å². The van der Waals surface area contributed by atoms with Gasteiger partial charge in [0, 0.05) is 16.6 Å². The molecule has 1 aliphatic heterocycles. The minimum Gasteiger partial charge on any atom is -0.150 e. The zero-order valence-electron chi connectivity index (χ0n) is 2.94. The standard InChI is InChI=1S/C3H6S2.CH4/c1-2-5-3-4-1;/h1-3H2;1H4. The van der Waals surface area contributed by atoms with E-state index in [-0.39, 0.29) is 7.43 Å². The fourth-order valence-corrected chi connectivity index (χ4v) is 2.65. The zero-order valence-corrected chi connectivity index (χ0v) is 4.57. The van der Waals surface area contributed by atoms with Crippen LogP contribution in [0.1, 0.15) is 7.43 Å². The molecule has 1 rings (SSSR count). The molecule has 0 aromatic heterocycles. The lowest BCUT2D eigenvalue weighted by Crippen LogP contribution is -1.64. The van der Waals surface area contributed by atoms with Gasteiger partial charge in [0.2, 0.25) is 0 Å². The van der Waals surface area contributed by atoms with Gasteiger partial charge in [0.1, 0.15) is 0 Å². The minimum atomic E-state index is 0. The molecule has 0 bridgehead atoms. The lowest BCUT2D eigenvalue weighted by atomic mass is 11.0. The molecule has 2 heteroatoms. The molecule has 0 unspecified atom stereocenters. The van der Waals surface area contributed by atoms with E-state index in [2.05, 4.69) is 0 Å². The quantitative estimate of drug-likeness (QED) is 0.482. The maximum absolute atomic E-state index is 2.04. The van der Waals surface area contributed by atoms with Crippen LogP contribution in [0.15, 0.2) is 0 Å². The summed E-state index contributed by atoms with van der Waals surface area (Å²) in [5, 5.41) is 1.33. The van der Waals surface area contributed by atoms with Gasteiger partial charge in [-0.3, -0.25) is 0 Å². The SMILES string of the molecule is C.C1CSCS1. The van der Waals surface area contributed by atoms with Gasteiger partial charge in [-0.15, -0.1) is 0 Å². The molecule has 0 radical (unpaired) electrons. The molecule has 1 saturated heterocycles. The normalized spacial score (nSPS) is 20.0. The van der Waals surface area contributed by atoms with Gasteiger partial charge in [-0.05, 0) is 0 Å². The van der Waals surface area contributed by atoms with Crippen LogP contribution in [-0.4, -0.2) is 16.6 Å². The van der Waals surface area contributed by atoms with Crippen molar-refractivity contribution in [1.82, 2.24) is 0 Å². The van der Waals surface area contributed by atoms with Crippen LogP contribution in [0, 0.1) is 0 Å². The molecule has 1 fully saturated rings. The summed E-state index contributed by atoms with van der Waals surface area (Å²) < 4.78 is 0. The number of thioether (sulfide) groups is 2. The first-order valence-electron chi connectivity index (χ1n) is 1.65. The highest BCUT2D eigenvalue weighted by Crippen LogP contribution is 2.20. The van der Waals surface area contributed by atoms with Crippen molar-refractivity contribution in [3.63, 3.8) is 0 Å². The van der Waals surface area contributed by atoms with Gasteiger partial charge in [-0.25, -0.2) is 0 Å².